The minimum atomic E-state index is 0.488. The van der Waals surface area contributed by atoms with Crippen LogP contribution in [0.2, 0.25) is 0 Å². The third kappa shape index (κ3) is 1.90. The van der Waals surface area contributed by atoms with Crippen molar-refractivity contribution in [2.75, 3.05) is 0 Å². The highest BCUT2D eigenvalue weighted by Gasteiger charge is 2.09. The van der Waals surface area contributed by atoms with E-state index < -0.39 is 0 Å². The Morgan fingerprint density at radius 1 is 1.21 bits per heavy atom. The van der Waals surface area contributed by atoms with E-state index in [0.717, 1.165) is 22.3 Å². The fourth-order valence-corrected chi connectivity index (χ4v) is 2.26. The molecule has 0 spiro atoms. The maximum absolute atomic E-state index is 5.79. The molecule has 0 atom stereocenters. The Morgan fingerprint density at radius 3 is 2.79 bits per heavy atom. The van der Waals surface area contributed by atoms with Crippen LogP contribution < -0.4 is 5.73 Å². The van der Waals surface area contributed by atoms with E-state index in [2.05, 4.69) is 40.5 Å². The van der Waals surface area contributed by atoms with Crippen molar-refractivity contribution in [1.82, 2.24) is 14.5 Å². The molecular weight excluding hydrogens is 236 g/mol. The quantitative estimate of drug-likeness (QED) is 0.762. The normalized spacial score (nSPS) is 11.1. The van der Waals surface area contributed by atoms with Crippen molar-refractivity contribution < 1.29 is 0 Å². The van der Waals surface area contributed by atoms with Crippen LogP contribution in [0.1, 0.15) is 16.7 Å². The lowest BCUT2D eigenvalue weighted by Gasteiger charge is -2.09. The molecule has 0 saturated heterocycles. The van der Waals surface area contributed by atoms with E-state index in [1.165, 1.54) is 11.1 Å². The van der Waals surface area contributed by atoms with Gasteiger partial charge in [0.2, 0.25) is 0 Å². The first-order chi connectivity index (χ1) is 9.20. The van der Waals surface area contributed by atoms with Crippen molar-refractivity contribution in [1.29, 1.82) is 0 Å². The standard InChI is InChI=1S/C15H16N4/c1-10-5-13-14(6-11(10)2)19(9-18-13)15-8-17-4-3-12(15)7-16/h3-6,8-9H,7,16H2,1-2H3. The SMILES string of the molecule is Cc1cc2ncn(-c3cnccc3CN)c2cc1C. The fourth-order valence-electron chi connectivity index (χ4n) is 2.26. The van der Waals surface area contributed by atoms with Gasteiger partial charge in [0, 0.05) is 12.7 Å². The lowest BCUT2D eigenvalue weighted by molar-refractivity contribution is 0.983. The summed E-state index contributed by atoms with van der Waals surface area (Å²) in [4.78, 5) is 8.66. The van der Waals surface area contributed by atoms with Gasteiger partial charge in [-0.05, 0) is 48.7 Å². The molecule has 0 bridgehead atoms. The molecule has 1 aromatic carbocycles. The van der Waals surface area contributed by atoms with Gasteiger partial charge in [-0.3, -0.25) is 9.55 Å². The third-order valence-electron chi connectivity index (χ3n) is 3.53. The van der Waals surface area contributed by atoms with Crippen molar-refractivity contribution in [2.24, 2.45) is 5.73 Å². The van der Waals surface area contributed by atoms with Crippen LogP contribution in [0.5, 0.6) is 0 Å². The zero-order valence-corrected chi connectivity index (χ0v) is 11.1. The number of rotatable bonds is 2. The molecular formula is C15H16N4. The van der Waals surface area contributed by atoms with E-state index >= 15 is 0 Å². The van der Waals surface area contributed by atoms with Gasteiger partial charge < -0.3 is 5.73 Å². The van der Waals surface area contributed by atoms with Crippen molar-refractivity contribution in [2.45, 2.75) is 20.4 Å². The number of pyridine rings is 1. The molecule has 2 heterocycles. The average molecular weight is 252 g/mol. The number of nitrogens with two attached hydrogens (primary N) is 1. The maximum atomic E-state index is 5.79. The van der Waals surface area contributed by atoms with Crippen LogP contribution in [0.4, 0.5) is 0 Å². The van der Waals surface area contributed by atoms with Crippen molar-refractivity contribution in [3.8, 4) is 5.69 Å². The van der Waals surface area contributed by atoms with Crippen LogP contribution in [0, 0.1) is 13.8 Å². The summed E-state index contributed by atoms with van der Waals surface area (Å²) in [5, 5.41) is 0. The Kier molecular flexibility index (Phi) is 2.80. The zero-order chi connectivity index (χ0) is 13.4. The van der Waals surface area contributed by atoms with E-state index in [1.807, 2.05) is 18.6 Å². The number of hydrogen-bond acceptors (Lipinski definition) is 3. The van der Waals surface area contributed by atoms with Gasteiger partial charge in [-0.2, -0.15) is 0 Å². The van der Waals surface area contributed by atoms with Crippen molar-refractivity contribution in [3.63, 3.8) is 0 Å². The molecule has 0 aliphatic carbocycles. The van der Waals surface area contributed by atoms with E-state index in [-0.39, 0.29) is 0 Å². The Balaban J connectivity index is 2.28. The van der Waals surface area contributed by atoms with Gasteiger partial charge in [0.15, 0.2) is 0 Å². The lowest BCUT2D eigenvalue weighted by atomic mass is 10.1. The van der Waals surface area contributed by atoms with Crippen molar-refractivity contribution >= 4 is 11.0 Å². The Morgan fingerprint density at radius 2 is 2.00 bits per heavy atom. The largest absolute Gasteiger partial charge is 0.326 e. The number of fused-ring (bicyclic) bond motifs is 1. The van der Waals surface area contributed by atoms with Gasteiger partial charge in [-0.25, -0.2) is 4.98 Å². The van der Waals surface area contributed by atoms with Crippen LogP contribution in [0.15, 0.2) is 36.9 Å². The number of aromatic nitrogens is 3. The summed E-state index contributed by atoms with van der Waals surface area (Å²) in [5.41, 5.74) is 12.4. The van der Waals surface area contributed by atoms with E-state index in [0.29, 0.717) is 6.54 Å². The van der Waals surface area contributed by atoms with Gasteiger partial charge in [-0.1, -0.05) is 0 Å². The first kappa shape index (κ1) is 11.9. The maximum Gasteiger partial charge on any atom is 0.100 e. The molecule has 19 heavy (non-hydrogen) atoms. The summed E-state index contributed by atoms with van der Waals surface area (Å²) in [6.45, 7) is 4.70. The molecule has 0 radical (unpaired) electrons. The minimum Gasteiger partial charge on any atom is -0.326 e. The van der Waals surface area contributed by atoms with Gasteiger partial charge in [-0.15, -0.1) is 0 Å². The molecule has 0 fully saturated rings. The van der Waals surface area contributed by atoms with Crippen LogP contribution in [0.3, 0.4) is 0 Å². The lowest BCUT2D eigenvalue weighted by Crippen LogP contribution is -2.04. The van der Waals surface area contributed by atoms with Crippen molar-refractivity contribution in [3.05, 3.63) is 53.6 Å². The van der Waals surface area contributed by atoms with Gasteiger partial charge in [0.25, 0.3) is 0 Å². The number of imidazole rings is 1. The average Bonchev–Trinajstić information content (AvgIpc) is 2.82. The summed E-state index contributed by atoms with van der Waals surface area (Å²) in [7, 11) is 0. The molecule has 3 rings (SSSR count). The van der Waals surface area contributed by atoms with Crippen LogP contribution >= 0.6 is 0 Å². The first-order valence-corrected chi connectivity index (χ1v) is 6.28. The smallest absolute Gasteiger partial charge is 0.100 e. The molecule has 2 aromatic heterocycles. The third-order valence-corrected chi connectivity index (χ3v) is 3.53. The molecule has 4 nitrogen and oxygen atoms in total. The van der Waals surface area contributed by atoms with E-state index in [9.17, 15) is 0 Å². The first-order valence-electron chi connectivity index (χ1n) is 6.28. The Labute approximate surface area is 111 Å². The molecule has 0 unspecified atom stereocenters. The predicted molar refractivity (Wildman–Crippen MR) is 76.2 cm³/mol. The topological polar surface area (TPSA) is 56.7 Å². The highest BCUT2D eigenvalue weighted by Crippen LogP contribution is 2.23. The van der Waals surface area contributed by atoms with Gasteiger partial charge in [0.1, 0.15) is 6.33 Å². The van der Waals surface area contributed by atoms with E-state index in [1.54, 1.807) is 6.20 Å². The number of hydrogen-bond donors (Lipinski definition) is 1. The number of aryl methyl sites for hydroxylation is 2. The summed E-state index contributed by atoms with van der Waals surface area (Å²) in [6.07, 6.45) is 5.43. The molecule has 96 valence electrons. The number of benzene rings is 1. The van der Waals surface area contributed by atoms with E-state index in [4.69, 9.17) is 5.73 Å². The molecule has 0 aliphatic rings. The second-order valence-electron chi connectivity index (χ2n) is 4.75. The molecule has 0 amide bonds. The number of nitrogens with zero attached hydrogens (tertiary/aromatic N) is 3. The summed E-state index contributed by atoms with van der Waals surface area (Å²) in [5.74, 6) is 0. The molecule has 0 saturated carbocycles. The zero-order valence-electron chi connectivity index (χ0n) is 11.1. The molecule has 0 aliphatic heterocycles. The summed E-state index contributed by atoms with van der Waals surface area (Å²) in [6, 6.07) is 6.22. The van der Waals surface area contributed by atoms with Crippen LogP contribution in [-0.4, -0.2) is 14.5 Å². The van der Waals surface area contributed by atoms with Crippen LogP contribution in [0.25, 0.3) is 16.7 Å². The van der Waals surface area contributed by atoms with Gasteiger partial charge >= 0.3 is 0 Å². The minimum absolute atomic E-state index is 0.488. The summed E-state index contributed by atoms with van der Waals surface area (Å²) >= 11 is 0. The highest BCUT2D eigenvalue weighted by molar-refractivity contribution is 5.79. The second kappa shape index (κ2) is 4.48. The van der Waals surface area contributed by atoms with Crippen LogP contribution in [-0.2, 0) is 6.54 Å². The summed E-state index contributed by atoms with van der Waals surface area (Å²) < 4.78 is 2.05. The highest BCUT2D eigenvalue weighted by atomic mass is 15.1. The molecule has 4 heteroatoms. The van der Waals surface area contributed by atoms with Gasteiger partial charge in [0.05, 0.1) is 22.9 Å². The fraction of sp³-hybridized carbons (Fsp3) is 0.200. The molecule has 2 N–H and O–H groups in total. The predicted octanol–water partition coefficient (Wildman–Crippen LogP) is 2.50. The monoisotopic (exact) mass is 252 g/mol. The Bertz CT molecular complexity index is 743. The molecule has 3 aromatic rings. The Hall–Kier alpha value is -2.20. The second-order valence-corrected chi connectivity index (χ2v) is 4.75.